The van der Waals surface area contributed by atoms with E-state index in [1.54, 1.807) is 13.1 Å². The van der Waals surface area contributed by atoms with Gasteiger partial charge in [-0.3, -0.25) is 14.4 Å². The van der Waals surface area contributed by atoms with Crippen LogP contribution in [0.1, 0.15) is 41.6 Å². The van der Waals surface area contributed by atoms with E-state index in [-0.39, 0.29) is 29.6 Å². The van der Waals surface area contributed by atoms with Crippen LogP contribution in [0.15, 0.2) is 24.3 Å². The highest BCUT2D eigenvalue weighted by atomic mass is 16.2. The number of hydrogen-bond donors (Lipinski definition) is 2. The molecule has 2 saturated carbocycles. The van der Waals surface area contributed by atoms with Crippen LogP contribution in [0.2, 0.25) is 0 Å². The first kappa shape index (κ1) is 16.7. The highest BCUT2D eigenvalue weighted by molar-refractivity contribution is 5.94. The molecule has 2 aliphatic carbocycles. The normalized spacial score (nSPS) is 25.4. The standard InChI is InChI=1S/C19H24N2O3/c1-20-18(23)15-4-2-3-12(9-15)7-8-21-19(24)16-10-13-5-6-14(11-16)17(13)22/h2-4,9,13-14,16H,5-8,10-11H2,1H3,(H,20,23)(H,21,24). The molecule has 0 heterocycles. The second-order valence-corrected chi connectivity index (χ2v) is 6.86. The van der Waals surface area contributed by atoms with E-state index in [1.807, 2.05) is 18.2 Å². The zero-order valence-corrected chi connectivity index (χ0v) is 14.0. The van der Waals surface area contributed by atoms with Crippen LogP contribution in [0.25, 0.3) is 0 Å². The minimum absolute atomic E-state index is 0.0163. The number of ketones is 1. The first-order valence-electron chi connectivity index (χ1n) is 8.71. The van der Waals surface area contributed by atoms with Gasteiger partial charge in [0.1, 0.15) is 5.78 Å². The minimum atomic E-state index is -0.108. The summed E-state index contributed by atoms with van der Waals surface area (Å²) in [5.41, 5.74) is 1.65. The number of nitrogens with one attached hydrogen (secondary N) is 2. The maximum Gasteiger partial charge on any atom is 0.251 e. The third-order valence-corrected chi connectivity index (χ3v) is 5.31. The highest BCUT2D eigenvalue weighted by Gasteiger charge is 2.43. The van der Waals surface area contributed by atoms with E-state index < -0.39 is 0 Å². The Balaban J connectivity index is 1.49. The number of hydrogen-bond acceptors (Lipinski definition) is 3. The average Bonchev–Trinajstić information content (AvgIpc) is 2.82. The third kappa shape index (κ3) is 3.50. The smallest absolute Gasteiger partial charge is 0.251 e. The lowest BCUT2D eigenvalue weighted by molar-refractivity contribution is -0.132. The molecule has 5 heteroatoms. The zero-order chi connectivity index (χ0) is 17.1. The summed E-state index contributed by atoms with van der Waals surface area (Å²) >= 11 is 0. The summed E-state index contributed by atoms with van der Waals surface area (Å²) in [5, 5.41) is 5.60. The molecule has 2 aliphatic rings. The van der Waals surface area contributed by atoms with E-state index >= 15 is 0 Å². The summed E-state index contributed by atoms with van der Waals surface area (Å²) in [6, 6.07) is 7.44. The molecule has 0 aromatic heterocycles. The maximum absolute atomic E-state index is 12.3. The van der Waals surface area contributed by atoms with Gasteiger partial charge in [-0.1, -0.05) is 12.1 Å². The van der Waals surface area contributed by atoms with Crippen LogP contribution in [0.4, 0.5) is 0 Å². The van der Waals surface area contributed by atoms with Crippen molar-refractivity contribution in [1.82, 2.24) is 10.6 Å². The fourth-order valence-corrected chi connectivity index (χ4v) is 3.97. The Morgan fingerprint density at radius 1 is 1.17 bits per heavy atom. The first-order valence-corrected chi connectivity index (χ1v) is 8.71. The van der Waals surface area contributed by atoms with Crippen molar-refractivity contribution < 1.29 is 14.4 Å². The van der Waals surface area contributed by atoms with Gasteiger partial charge in [-0.2, -0.15) is 0 Å². The van der Waals surface area contributed by atoms with Gasteiger partial charge in [0, 0.05) is 36.9 Å². The molecule has 2 N–H and O–H groups in total. The molecule has 128 valence electrons. The average molecular weight is 328 g/mol. The lowest BCUT2D eigenvalue weighted by Crippen LogP contribution is -2.38. The van der Waals surface area contributed by atoms with Crippen molar-refractivity contribution in [1.29, 1.82) is 0 Å². The lowest BCUT2D eigenvalue weighted by atomic mass is 9.79. The maximum atomic E-state index is 12.3. The second-order valence-electron chi connectivity index (χ2n) is 6.86. The van der Waals surface area contributed by atoms with Crippen molar-refractivity contribution >= 4 is 17.6 Å². The Bertz CT molecular complexity index is 640. The molecule has 0 radical (unpaired) electrons. The number of carbonyl (C=O) groups is 3. The Labute approximate surface area is 142 Å². The molecule has 2 amide bonds. The van der Waals surface area contributed by atoms with Crippen LogP contribution in [-0.4, -0.2) is 31.2 Å². The van der Waals surface area contributed by atoms with Gasteiger partial charge in [-0.15, -0.1) is 0 Å². The highest BCUT2D eigenvalue weighted by Crippen LogP contribution is 2.41. The number of amides is 2. The zero-order valence-electron chi connectivity index (χ0n) is 14.0. The van der Waals surface area contributed by atoms with Gasteiger partial charge in [0.05, 0.1) is 0 Å². The third-order valence-electron chi connectivity index (χ3n) is 5.31. The monoisotopic (exact) mass is 328 g/mol. The summed E-state index contributed by atoms with van der Waals surface area (Å²) in [7, 11) is 1.61. The van der Waals surface area contributed by atoms with Gasteiger partial charge in [0.15, 0.2) is 0 Å². The lowest BCUT2D eigenvalue weighted by Gasteiger charge is -2.25. The van der Waals surface area contributed by atoms with Crippen LogP contribution < -0.4 is 10.6 Å². The molecule has 0 saturated heterocycles. The van der Waals surface area contributed by atoms with Gasteiger partial charge in [-0.25, -0.2) is 0 Å². The van der Waals surface area contributed by atoms with E-state index in [4.69, 9.17) is 0 Å². The molecule has 2 unspecified atom stereocenters. The van der Waals surface area contributed by atoms with Crippen molar-refractivity contribution in [3.8, 4) is 0 Å². The molecule has 1 aromatic rings. The number of Topliss-reactive ketones (excluding diaryl/α,β-unsaturated/α-hetero) is 1. The van der Waals surface area contributed by atoms with Gasteiger partial charge < -0.3 is 10.6 Å². The van der Waals surface area contributed by atoms with Crippen molar-refractivity contribution in [3.63, 3.8) is 0 Å². The minimum Gasteiger partial charge on any atom is -0.356 e. The first-order chi connectivity index (χ1) is 11.6. The Morgan fingerprint density at radius 2 is 1.88 bits per heavy atom. The van der Waals surface area contributed by atoms with Gasteiger partial charge in [0.25, 0.3) is 5.91 Å². The number of fused-ring (bicyclic) bond motifs is 2. The molecule has 0 spiro atoms. The topological polar surface area (TPSA) is 75.3 Å². The largest absolute Gasteiger partial charge is 0.356 e. The summed E-state index contributed by atoms with van der Waals surface area (Å²) in [5.74, 6) is 0.556. The summed E-state index contributed by atoms with van der Waals surface area (Å²) in [6.45, 7) is 0.551. The Hall–Kier alpha value is -2.17. The van der Waals surface area contributed by atoms with Crippen LogP contribution in [-0.2, 0) is 16.0 Å². The summed E-state index contributed by atoms with van der Waals surface area (Å²) in [4.78, 5) is 35.9. The summed E-state index contributed by atoms with van der Waals surface area (Å²) in [6.07, 6.45) is 4.04. The van der Waals surface area contributed by atoms with Gasteiger partial charge in [-0.05, 0) is 49.8 Å². The van der Waals surface area contributed by atoms with Crippen molar-refractivity contribution in [2.75, 3.05) is 13.6 Å². The van der Waals surface area contributed by atoms with Gasteiger partial charge >= 0.3 is 0 Å². The molecular formula is C19H24N2O3. The number of carbonyl (C=O) groups excluding carboxylic acids is 3. The van der Waals surface area contributed by atoms with Crippen LogP contribution in [0.3, 0.4) is 0 Å². The van der Waals surface area contributed by atoms with E-state index in [1.165, 1.54) is 0 Å². The molecule has 24 heavy (non-hydrogen) atoms. The van der Waals surface area contributed by atoms with E-state index in [2.05, 4.69) is 10.6 Å². The predicted octanol–water partition coefficient (Wildman–Crippen LogP) is 1.71. The van der Waals surface area contributed by atoms with E-state index in [0.29, 0.717) is 37.2 Å². The van der Waals surface area contributed by atoms with Gasteiger partial charge in [0.2, 0.25) is 5.91 Å². The number of benzene rings is 1. The Morgan fingerprint density at radius 3 is 2.54 bits per heavy atom. The van der Waals surface area contributed by atoms with Crippen molar-refractivity contribution in [3.05, 3.63) is 35.4 Å². The molecule has 0 aliphatic heterocycles. The molecule has 3 rings (SSSR count). The molecule has 2 bridgehead atoms. The van der Waals surface area contributed by atoms with Crippen LogP contribution in [0.5, 0.6) is 0 Å². The van der Waals surface area contributed by atoms with Crippen LogP contribution in [0, 0.1) is 17.8 Å². The second kappa shape index (κ2) is 7.16. The summed E-state index contributed by atoms with van der Waals surface area (Å²) < 4.78 is 0. The number of rotatable bonds is 5. The SMILES string of the molecule is CNC(=O)c1cccc(CCNC(=O)C2CC3CCC(C2)C3=O)c1. The predicted molar refractivity (Wildman–Crippen MR) is 90.5 cm³/mol. The van der Waals surface area contributed by atoms with Crippen molar-refractivity contribution in [2.45, 2.75) is 32.1 Å². The molecule has 2 atom stereocenters. The Kier molecular flexibility index (Phi) is 4.97. The molecule has 2 fully saturated rings. The quantitative estimate of drug-likeness (QED) is 0.864. The van der Waals surface area contributed by atoms with Crippen LogP contribution >= 0.6 is 0 Å². The molecule has 5 nitrogen and oxygen atoms in total. The fraction of sp³-hybridized carbons (Fsp3) is 0.526. The molecule has 1 aromatic carbocycles. The molecular weight excluding hydrogens is 304 g/mol. The fourth-order valence-electron chi connectivity index (χ4n) is 3.97. The van der Waals surface area contributed by atoms with Crippen molar-refractivity contribution in [2.24, 2.45) is 17.8 Å². The van der Waals surface area contributed by atoms with E-state index in [0.717, 1.165) is 18.4 Å². The van der Waals surface area contributed by atoms with E-state index in [9.17, 15) is 14.4 Å².